The van der Waals surface area contributed by atoms with Gasteiger partial charge in [-0.3, -0.25) is 0 Å². The van der Waals surface area contributed by atoms with E-state index in [0.717, 1.165) is 0 Å². The molecule has 0 fully saturated rings. The van der Waals surface area contributed by atoms with E-state index in [-0.39, 0.29) is 6.04 Å². The van der Waals surface area contributed by atoms with Gasteiger partial charge in [-0.1, -0.05) is 23.8 Å². The Morgan fingerprint density at radius 1 is 1.22 bits per heavy atom. The number of rotatable bonds is 6. The van der Waals surface area contributed by atoms with E-state index >= 15 is 0 Å². The van der Waals surface area contributed by atoms with Crippen molar-refractivity contribution < 1.29 is 8.42 Å². The number of aryl methyl sites for hydroxylation is 2. The van der Waals surface area contributed by atoms with Crippen molar-refractivity contribution in [1.82, 2.24) is 10.0 Å². The van der Waals surface area contributed by atoms with E-state index < -0.39 is 10.0 Å². The maximum Gasteiger partial charge on any atom is 0.208 e. The summed E-state index contributed by atoms with van der Waals surface area (Å²) >= 11 is 0. The van der Waals surface area contributed by atoms with Gasteiger partial charge in [0.1, 0.15) is 0 Å². The molecule has 0 saturated carbocycles. The van der Waals surface area contributed by atoms with Gasteiger partial charge in [0.05, 0.1) is 6.26 Å². The molecule has 1 aromatic carbocycles. The molecule has 0 aliphatic carbocycles. The molecule has 0 bridgehead atoms. The van der Waals surface area contributed by atoms with Gasteiger partial charge in [-0.2, -0.15) is 0 Å². The first-order chi connectivity index (χ1) is 8.29. The molecule has 5 heteroatoms. The molecule has 1 rings (SSSR count). The standard InChI is InChI=1S/C13H22N2O2S/c1-10-5-6-13(11(2)9-10)12(3)14-7-8-15-18(4,16)17/h5-6,9,12,14-15H,7-8H2,1-4H3. The van der Waals surface area contributed by atoms with Crippen LogP contribution in [0.1, 0.15) is 29.7 Å². The zero-order chi connectivity index (χ0) is 13.8. The maximum atomic E-state index is 10.9. The fraction of sp³-hybridized carbons (Fsp3) is 0.538. The largest absolute Gasteiger partial charge is 0.309 e. The topological polar surface area (TPSA) is 58.2 Å². The van der Waals surface area contributed by atoms with Crippen LogP contribution in [0.2, 0.25) is 0 Å². The Kier molecular flexibility index (Phi) is 5.31. The minimum absolute atomic E-state index is 0.215. The van der Waals surface area contributed by atoms with Gasteiger partial charge in [0, 0.05) is 19.1 Å². The SMILES string of the molecule is Cc1ccc(C(C)NCCNS(C)(=O)=O)c(C)c1. The molecule has 0 saturated heterocycles. The van der Waals surface area contributed by atoms with E-state index in [4.69, 9.17) is 0 Å². The van der Waals surface area contributed by atoms with Crippen molar-refractivity contribution >= 4 is 10.0 Å². The lowest BCUT2D eigenvalue weighted by molar-refractivity contribution is 0.555. The van der Waals surface area contributed by atoms with Gasteiger partial charge in [-0.25, -0.2) is 13.1 Å². The molecule has 102 valence electrons. The molecule has 0 radical (unpaired) electrons. The lowest BCUT2D eigenvalue weighted by Gasteiger charge is -2.17. The summed E-state index contributed by atoms with van der Waals surface area (Å²) in [7, 11) is -3.09. The first-order valence-corrected chi connectivity index (χ1v) is 7.94. The van der Waals surface area contributed by atoms with Crippen molar-refractivity contribution in [3.8, 4) is 0 Å². The molecular weight excluding hydrogens is 248 g/mol. The Labute approximate surface area is 110 Å². The lowest BCUT2D eigenvalue weighted by atomic mass is 10.0. The highest BCUT2D eigenvalue weighted by molar-refractivity contribution is 7.88. The van der Waals surface area contributed by atoms with E-state index in [1.807, 2.05) is 0 Å². The molecule has 0 spiro atoms. The minimum atomic E-state index is -3.09. The molecule has 0 amide bonds. The molecule has 1 atom stereocenters. The predicted molar refractivity (Wildman–Crippen MR) is 75.2 cm³/mol. The van der Waals surface area contributed by atoms with Crippen molar-refractivity contribution in [2.75, 3.05) is 19.3 Å². The molecule has 1 aromatic rings. The Hall–Kier alpha value is -0.910. The highest BCUT2D eigenvalue weighted by Crippen LogP contribution is 2.18. The summed E-state index contributed by atoms with van der Waals surface area (Å²) in [6, 6.07) is 6.58. The summed E-state index contributed by atoms with van der Waals surface area (Å²) in [6.45, 7) is 7.27. The van der Waals surface area contributed by atoms with Gasteiger partial charge in [-0.15, -0.1) is 0 Å². The monoisotopic (exact) mass is 270 g/mol. The van der Waals surface area contributed by atoms with Crippen LogP contribution >= 0.6 is 0 Å². The van der Waals surface area contributed by atoms with Crippen LogP contribution in [0.25, 0.3) is 0 Å². The van der Waals surface area contributed by atoms with Crippen LogP contribution in [0.15, 0.2) is 18.2 Å². The normalized spacial score (nSPS) is 13.6. The summed E-state index contributed by atoms with van der Waals surface area (Å²) in [5.41, 5.74) is 3.76. The number of nitrogens with one attached hydrogen (secondary N) is 2. The Morgan fingerprint density at radius 2 is 1.89 bits per heavy atom. The van der Waals surface area contributed by atoms with E-state index in [9.17, 15) is 8.42 Å². The fourth-order valence-corrected chi connectivity index (χ4v) is 2.42. The molecule has 1 unspecified atom stereocenters. The van der Waals surface area contributed by atoms with E-state index in [1.165, 1.54) is 22.9 Å². The maximum absolute atomic E-state index is 10.9. The Bertz CT molecular complexity index is 498. The molecule has 0 aromatic heterocycles. The van der Waals surface area contributed by atoms with Crippen LogP contribution in [0.4, 0.5) is 0 Å². The summed E-state index contributed by atoms with van der Waals surface area (Å²) in [5.74, 6) is 0. The Morgan fingerprint density at radius 3 is 2.44 bits per heavy atom. The molecule has 18 heavy (non-hydrogen) atoms. The molecule has 2 N–H and O–H groups in total. The van der Waals surface area contributed by atoms with Crippen molar-refractivity contribution in [2.45, 2.75) is 26.8 Å². The van der Waals surface area contributed by atoms with Gasteiger partial charge in [0.2, 0.25) is 10.0 Å². The Balaban J connectivity index is 2.48. The van der Waals surface area contributed by atoms with Crippen molar-refractivity contribution in [3.63, 3.8) is 0 Å². The highest BCUT2D eigenvalue weighted by atomic mass is 32.2. The number of hydrogen-bond donors (Lipinski definition) is 2. The third-order valence-corrected chi connectivity index (χ3v) is 3.56. The molecule has 0 aliphatic rings. The third kappa shape index (κ3) is 5.16. The average Bonchev–Trinajstić information content (AvgIpc) is 2.22. The predicted octanol–water partition coefficient (Wildman–Crippen LogP) is 1.50. The summed E-state index contributed by atoms with van der Waals surface area (Å²) in [5, 5.41) is 3.30. The van der Waals surface area contributed by atoms with Gasteiger partial charge in [0.25, 0.3) is 0 Å². The molecule has 0 heterocycles. The highest BCUT2D eigenvalue weighted by Gasteiger charge is 2.07. The second kappa shape index (κ2) is 6.31. The molecular formula is C13H22N2O2S. The lowest BCUT2D eigenvalue weighted by Crippen LogP contribution is -2.32. The van der Waals surface area contributed by atoms with Crippen LogP contribution in [0, 0.1) is 13.8 Å². The summed E-state index contributed by atoms with van der Waals surface area (Å²) in [6.07, 6.45) is 1.17. The average molecular weight is 270 g/mol. The van der Waals surface area contributed by atoms with Crippen LogP contribution in [-0.4, -0.2) is 27.8 Å². The van der Waals surface area contributed by atoms with Crippen molar-refractivity contribution in [2.24, 2.45) is 0 Å². The smallest absolute Gasteiger partial charge is 0.208 e. The zero-order valence-corrected chi connectivity index (χ0v) is 12.3. The summed E-state index contributed by atoms with van der Waals surface area (Å²) < 4.78 is 24.3. The first-order valence-electron chi connectivity index (χ1n) is 6.05. The fourth-order valence-electron chi connectivity index (χ4n) is 1.95. The van der Waals surface area contributed by atoms with Gasteiger partial charge in [-0.05, 0) is 31.9 Å². The second-order valence-corrected chi connectivity index (χ2v) is 6.54. The summed E-state index contributed by atoms with van der Waals surface area (Å²) in [4.78, 5) is 0. The van der Waals surface area contributed by atoms with Gasteiger partial charge in [0.15, 0.2) is 0 Å². The van der Waals surface area contributed by atoms with Crippen LogP contribution in [0.5, 0.6) is 0 Å². The van der Waals surface area contributed by atoms with Crippen LogP contribution in [0.3, 0.4) is 0 Å². The van der Waals surface area contributed by atoms with Crippen molar-refractivity contribution in [1.29, 1.82) is 0 Å². The van der Waals surface area contributed by atoms with E-state index in [1.54, 1.807) is 0 Å². The van der Waals surface area contributed by atoms with Crippen LogP contribution in [-0.2, 0) is 10.0 Å². The third-order valence-electron chi connectivity index (χ3n) is 2.83. The number of sulfonamides is 1. The van der Waals surface area contributed by atoms with Gasteiger partial charge < -0.3 is 5.32 Å². The molecule has 4 nitrogen and oxygen atoms in total. The van der Waals surface area contributed by atoms with E-state index in [2.05, 4.69) is 49.0 Å². The quantitative estimate of drug-likeness (QED) is 0.770. The number of benzene rings is 1. The molecule has 0 aliphatic heterocycles. The number of hydrogen-bond acceptors (Lipinski definition) is 3. The van der Waals surface area contributed by atoms with Crippen molar-refractivity contribution in [3.05, 3.63) is 34.9 Å². The zero-order valence-electron chi connectivity index (χ0n) is 11.4. The second-order valence-electron chi connectivity index (χ2n) is 4.70. The first kappa shape index (κ1) is 15.1. The van der Waals surface area contributed by atoms with E-state index in [0.29, 0.717) is 13.1 Å². The van der Waals surface area contributed by atoms with Gasteiger partial charge >= 0.3 is 0 Å². The minimum Gasteiger partial charge on any atom is -0.309 e. The van der Waals surface area contributed by atoms with Crippen LogP contribution < -0.4 is 10.0 Å².